The van der Waals surface area contributed by atoms with Crippen LogP contribution < -0.4 is 10.9 Å². The molecule has 2 aromatic rings. The van der Waals surface area contributed by atoms with Gasteiger partial charge in [0.05, 0.1) is 11.3 Å². The summed E-state index contributed by atoms with van der Waals surface area (Å²) >= 11 is 5.85. The van der Waals surface area contributed by atoms with Crippen molar-refractivity contribution in [3.05, 3.63) is 50.9 Å². The summed E-state index contributed by atoms with van der Waals surface area (Å²) < 4.78 is 0. The van der Waals surface area contributed by atoms with Gasteiger partial charge in [0.1, 0.15) is 5.82 Å². The Balaban J connectivity index is 2.11. The maximum Gasteiger partial charge on any atom is 0.255 e. The average molecular weight is 262 g/mol. The van der Waals surface area contributed by atoms with Crippen molar-refractivity contribution < 1.29 is 0 Å². The topological polar surface area (TPSA) is 57.8 Å². The number of aromatic amines is 1. The summed E-state index contributed by atoms with van der Waals surface area (Å²) in [6.45, 7) is 1.46. The first kappa shape index (κ1) is 11.4. The molecule has 4 nitrogen and oxygen atoms in total. The molecule has 0 spiro atoms. The first-order chi connectivity index (χ1) is 8.74. The van der Waals surface area contributed by atoms with Gasteiger partial charge in [-0.05, 0) is 24.3 Å². The van der Waals surface area contributed by atoms with E-state index in [1.54, 1.807) is 12.1 Å². The van der Waals surface area contributed by atoms with Crippen molar-refractivity contribution in [1.82, 2.24) is 15.3 Å². The van der Waals surface area contributed by atoms with E-state index in [1.807, 2.05) is 12.1 Å². The number of nitrogens with zero attached hydrogens (tertiary/aromatic N) is 1. The Labute approximate surface area is 109 Å². The Morgan fingerprint density at radius 3 is 2.78 bits per heavy atom. The van der Waals surface area contributed by atoms with Crippen molar-refractivity contribution in [3.63, 3.8) is 0 Å². The second kappa shape index (κ2) is 4.55. The molecule has 18 heavy (non-hydrogen) atoms. The Morgan fingerprint density at radius 2 is 2.00 bits per heavy atom. The van der Waals surface area contributed by atoms with Crippen LogP contribution in [0.4, 0.5) is 0 Å². The summed E-state index contributed by atoms with van der Waals surface area (Å²) in [6, 6.07) is 7.29. The molecule has 0 saturated carbocycles. The zero-order valence-electron chi connectivity index (χ0n) is 9.66. The molecule has 0 unspecified atom stereocenters. The number of aromatic nitrogens is 2. The minimum atomic E-state index is -0.0582. The lowest BCUT2D eigenvalue weighted by Crippen LogP contribution is -2.31. The minimum Gasteiger partial charge on any atom is -0.312 e. The highest BCUT2D eigenvalue weighted by molar-refractivity contribution is 6.30. The van der Waals surface area contributed by atoms with Gasteiger partial charge in [-0.25, -0.2) is 4.98 Å². The van der Waals surface area contributed by atoms with Crippen LogP contribution in [0.3, 0.4) is 0 Å². The third-order valence-corrected chi connectivity index (χ3v) is 3.31. The summed E-state index contributed by atoms with van der Waals surface area (Å²) in [5, 5.41) is 3.84. The molecule has 92 valence electrons. The van der Waals surface area contributed by atoms with Gasteiger partial charge in [0.2, 0.25) is 0 Å². The van der Waals surface area contributed by atoms with Crippen molar-refractivity contribution in [3.8, 4) is 11.4 Å². The lowest BCUT2D eigenvalue weighted by Gasteiger charge is -2.15. The summed E-state index contributed by atoms with van der Waals surface area (Å²) in [7, 11) is 0. The third-order valence-electron chi connectivity index (χ3n) is 3.06. The average Bonchev–Trinajstić information content (AvgIpc) is 2.39. The Kier molecular flexibility index (Phi) is 2.89. The van der Waals surface area contributed by atoms with E-state index in [0.717, 1.165) is 29.8 Å². The van der Waals surface area contributed by atoms with Crippen LogP contribution in [0.5, 0.6) is 0 Å². The zero-order valence-corrected chi connectivity index (χ0v) is 10.4. The van der Waals surface area contributed by atoms with Gasteiger partial charge in [-0.15, -0.1) is 0 Å². The van der Waals surface area contributed by atoms with Gasteiger partial charge in [-0.1, -0.05) is 11.6 Å². The van der Waals surface area contributed by atoms with Crippen LogP contribution in [0.2, 0.25) is 5.02 Å². The molecule has 3 rings (SSSR count). The molecule has 0 bridgehead atoms. The lowest BCUT2D eigenvalue weighted by molar-refractivity contribution is 0.621. The number of benzene rings is 1. The normalized spacial score (nSPS) is 14.3. The maximum atomic E-state index is 12.0. The van der Waals surface area contributed by atoms with Crippen LogP contribution in [-0.2, 0) is 13.0 Å². The molecule has 0 atom stereocenters. The standard InChI is InChI=1S/C13H12ClN3O/c14-9-3-1-8(2-4-9)12-16-11-5-6-15-7-10(11)13(18)17-12/h1-4,15H,5-7H2,(H,16,17,18). The highest BCUT2D eigenvalue weighted by Gasteiger charge is 2.15. The third kappa shape index (κ3) is 2.05. The number of fused-ring (bicyclic) bond motifs is 1. The molecule has 0 aliphatic carbocycles. The van der Waals surface area contributed by atoms with E-state index in [9.17, 15) is 4.79 Å². The molecule has 1 aromatic heterocycles. The van der Waals surface area contributed by atoms with Crippen LogP contribution >= 0.6 is 11.6 Å². The SMILES string of the molecule is O=c1[nH]c(-c2ccc(Cl)cc2)nc2c1CNCC2. The van der Waals surface area contributed by atoms with Crippen LogP contribution in [0.25, 0.3) is 11.4 Å². The van der Waals surface area contributed by atoms with Gasteiger partial charge in [0.15, 0.2) is 0 Å². The number of hydrogen-bond donors (Lipinski definition) is 2. The van der Waals surface area contributed by atoms with E-state index in [2.05, 4.69) is 15.3 Å². The molecule has 0 saturated heterocycles. The van der Waals surface area contributed by atoms with Crippen LogP contribution in [0.15, 0.2) is 29.1 Å². The predicted molar refractivity (Wildman–Crippen MR) is 70.7 cm³/mol. The minimum absolute atomic E-state index is 0.0582. The van der Waals surface area contributed by atoms with E-state index in [-0.39, 0.29) is 5.56 Å². The van der Waals surface area contributed by atoms with Gasteiger partial charge >= 0.3 is 0 Å². The molecule has 1 aromatic carbocycles. The molecule has 0 radical (unpaired) electrons. The fraction of sp³-hybridized carbons (Fsp3) is 0.231. The summed E-state index contributed by atoms with van der Waals surface area (Å²) in [5.41, 5.74) is 2.45. The largest absolute Gasteiger partial charge is 0.312 e. The maximum absolute atomic E-state index is 12.0. The smallest absolute Gasteiger partial charge is 0.255 e. The van der Waals surface area contributed by atoms with Crippen molar-refractivity contribution in [2.75, 3.05) is 6.54 Å². The van der Waals surface area contributed by atoms with Crippen molar-refractivity contribution in [2.24, 2.45) is 0 Å². The van der Waals surface area contributed by atoms with Crippen molar-refractivity contribution >= 4 is 11.6 Å². The quantitative estimate of drug-likeness (QED) is 0.822. The fourth-order valence-corrected chi connectivity index (χ4v) is 2.22. The first-order valence-corrected chi connectivity index (χ1v) is 6.20. The molecule has 0 amide bonds. The zero-order chi connectivity index (χ0) is 12.5. The Morgan fingerprint density at radius 1 is 1.22 bits per heavy atom. The van der Waals surface area contributed by atoms with Crippen LogP contribution in [-0.4, -0.2) is 16.5 Å². The summed E-state index contributed by atoms with van der Waals surface area (Å²) in [6.07, 6.45) is 0.792. The fourth-order valence-electron chi connectivity index (χ4n) is 2.10. The lowest BCUT2D eigenvalue weighted by atomic mass is 10.1. The molecule has 2 heterocycles. The highest BCUT2D eigenvalue weighted by atomic mass is 35.5. The predicted octanol–water partition coefficient (Wildman–Crippen LogP) is 1.74. The van der Waals surface area contributed by atoms with E-state index < -0.39 is 0 Å². The molecule has 0 fully saturated rings. The van der Waals surface area contributed by atoms with Gasteiger partial charge in [-0.2, -0.15) is 0 Å². The second-order valence-electron chi connectivity index (χ2n) is 4.27. The first-order valence-electron chi connectivity index (χ1n) is 5.83. The van der Waals surface area contributed by atoms with E-state index >= 15 is 0 Å². The number of H-pyrrole nitrogens is 1. The molecule has 1 aliphatic rings. The van der Waals surface area contributed by atoms with E-state index in [0.29, 0.717) is 17.4 Å². The van der Waals surface area contributed by atoms with Gasteiger partial charge in [0.25, 0.3) is 5.56 Å². The van der Waals surface area contributed by atoms with E-state index in [1.165, 1.54) is 0 Å². The summed E-state index contributed by atoms with van der Waals surface area (Å²) in [4.78, 5) is 19.3. The summed E-state index contributed by atoms with van der Waals surface area (Å²) in [5.74, 6) is 0.609. The number of rotatable bonds is 1. The van der Waals surface area contributed by atoms with E-state index in [4.69, 9.17) is 11.6 Å². The van der Waals surface area contributed by atoms with Gasteiger partial charge < -0.3 is 10.3 Å². The van der Waals surface area contributed by atoms with Crippen molar-refractivity contribution in [1.29, 1.82) is 0 Å². The van der Waals surface area contributed by atoms with Gasteiger partial charge in [-0.3, -0.25) is 4.79 Å². The molecular weight excluding hydrogens is 250 g/mol. The second-order valence-corrected chi connectivity index (χ2v) is 4.71. The molecular formula is C13H12ClN3O. The molecule has 1 aliphatic heterocycles. The number of halogens is 1. The molecule has 5 heteroatoms. The highest BCUT2D eigenvalue weighted by Crippen LogP contribution is 2.18. The monoisotopic (exact) mass is 261 g/mol. The van der Waals surface area contributed by atoms with Crippen molar-refractivity contribution in [2.45, 2.75) is 13.0 Å². The Hall–Kier alpha value is -1.65. The van der Waals surface area contributed by atoms with Crippen LogP contribution in [0.1, 0.15) is 11.3 Å². The number of nitrogens with one attached hydrogen (secondary N) is 2. The van der Waals surface area contributed by atoms with Gasteiger partial charge in [0, 0.05) is 30.1 Å². The molecule has 2 N–H and O–H groups in total. The van der Waals surface area contributed by atoms with Crippen LogP contribution in [0, 0.1) is 0 Å². The Bertz CT molecular complexity index is 634. The number of hydrogen-bond acceptors (Lipinski definition) is 3.